The minimum absolute atomic E-state index is 0.220. The lowest BCUT2D eigenvalue weighted by Gasteiger charge is -2.20. The monoisotopic (exact) mass is 414 g/mol. The summed E-state index contributed by atoms with van der Waals surface area (Å²) in [6, 6.07) is 26.4. The molecule has 0 atom stereocenters. The predicted molar refractivity (Wildman–Crippen MR) is 119 cm³/mol. The summed E-state index contributed by atoms with van der Waals surface area (Å²) in [7, 11) is 0. The molecule has 2 N–H and O–H groups in total. The number of hydrogen-bond donors (Lipinski definition) is 2. The van der Waals surface area contributed by atoms with Gasteiger partial charge in [-0.3, -0.25) is 0 Å². The quantitative estimate of drug-likeness (QED) is 0.499. The van der Waals surface area contributed by atoms with Gasteiger partial charge in [0.05, 0.1) is 10.0 Å². The van der Waals surface area contributed by atoms with Gasteiger partial charge in [-0.25, -0.2) is 0 Å². The van der Waals surface area contributed by atoms with Gasteiger partial charge >= 0.3 is 0 Å². The van der Waals surface area contributed by atoms with E-state index in [4.69, 9.17) is 35.4 Å². The average Bonchev–Trinajstić information content (AvgIpc) is 2.71. The van der Waals surface area contributed by atoms with Crippen LogP contribution in [0.5, 0.6) is 0 Å². The minimum atomic E-state index is 0.220. The molecular weight excluding hydrogens is 395 g/mol. The van der Waals surface area contributed by atoms with E-state index >= 15 is 0 Å². The first-order chi connectivity index (χ1) is 13.1. The van der Waals surface area contributed by atoms with Crippen LogP contribution >= 0.6 is 35.4 Å². The zero-order chi connectivity index (χ0) is 19.1. The number of benzene rings is 3. The zero-order valence-corrected chi connectivity index (χ0v) is 17.0. The van der Waals surface area contributed by atoms with Crippen molar-refractivity contribution in [2.75, 3.05) is 6.54 Å². The third-order valence-electron chi connectivity index (χ3n) is 4.31. The summed E-state index contributed by atoms with van der Waals surface area (Å²) in [6.07, 6.45) is 0. The molecule has 0 amide bonds. The van der Waals surface area contributed by atoms with E-state index in [-0.39, 0.29) is 5.92 Å². The largest absolute Gasteiger partial charge is 0.362 e. The van der Waals surface area contributed by atoms with Crippen LogP contribution in [-0.2, 0) is 6.54 Å². The summed E-state index contributed by atoms with van der Waals surface area (Å²) in [4.78, 5) is 0. The van der Waals surface area contributed by atoms with Gasteiger partial charge in [0, 0.05) is 19.0 Å². The summed E-state index contributed by atoms with van der Waals surface area (Å²) in [5.41, 5.74) is 3.53. The van der Waals surface area contributed by atoms with Crippen LogP contribution in [0.15, 0.2) is 78.9 Å². The summed E-state index contributed by atoms with van der Waals surface area (Å²) in [5, 5.41) is 8.26. The molecule has 0 aliphatic rings. The lowest BCUT2D eigenvalue weighted by atomic mass is 9.91. The highest BCUT2D eigenvalue weighted by atomic mass is 35.5. The lowest BCUT2D eigenvalue weighted by Crippen LogP contribution is -2.37. The molecule has 138 valence electrons. The van der Waals surface area contributed by atoms with E-state index in [0.29, 0.717) is 28.2 Å². The van der Waals surface area contributed by atoms with Gasteiger partial charge in [-0.15, -0.1) is 0 Å². The van der Waals surface area contributed by atoms with Gasteiger partial charge in [0.1, 0.15) is 0 Å². The van der Waals surface area contributed by atoms with E-state index in [1.54, 1.807) is 6.07 Å². The fraction of sp³-hybridized carbons (Fsp3) is 0.136. The van der Waals surface area contributed by atoms with Crippen LogP contribution in [0.25, 0.3) is 0 Å². The Balaban J connectivity index is 1.61. The number of nitrogens with one attached hydrogen (secondary N) is 2. The van der Waals surface area contributed by atoms with Crippen molar-refractivity contribution in [1.82, 2.24) is 10.6 Å². The fourth-order valence-corrected chi connectivity index (χ4v) is 3.36. The Morgan fingerprint density at radius 1 is 0.778 bits per heavy atom. The van der Waals surface area contributed by atoms with Gasteiger partial charge in [-0.1, -0.05) is 89.9 Å². The van der Waals surface area contributed by atoms with Crippen LogP contribution in [0, 0.1) is 0 Å². The normalized spacial score (nSPS) is 10.6. The highest BCUT2D eigenvalue weighted by Gasteiger charge is 2.14. The average molecular weight is 415 g/mol. The molecule has 3 rings (SSSR count). The van der Waals surface area contributed by atoms with Crippen LogP contribution in [0.2, 0.25) is 10.0 Å². The van der Waals surface area contributed by atoms with Crippen LogP contribution < -0.4 is 10.6 Å². The smallest absolute Gasteiger partial charge is 0.166 e. The van der Waals surface area contributed by atoms with Crippen molar-refractivity contribution in [3.05, 3.63) is 106 Å². The van der Waals surface area contributed by atoms with Gasteiger partial charge in [-0.05, 0) is 41.0 Å². The molecule has 2 nitrogen and oxygen atoms in total. The van der Waals surface area contributed by atoms with Crippen LogP contribution in [0.3, 0.4) is 0 Å². The second-order valence-electron chi connectivity index (χ2n) is 6.19. The molecule has 0 aliphatic heterocycles. The van der Waals surface area contributed by atoms with E-state index in [9.17, 15) is 0 Å². The second kappa shape index (κ2) is 9.75. The van der Waals surface area contributed by atoms with Gasteiger partial charge in [-0.2, -0.15) is 0 Å². The Bertz CT molecular complexity index is 846. The van der Waals surface area contributed by atoms with E-state index in [1.807, 2.05) is 24.3 Å². The Morgan fingerprint density at radius 3 is 1.93 bits per heavy atom. The molecule has 0 heterocycles. The summed E-state index contributed by atoms with van der Waals surface area (Å²) in [5.74, 6) is 0.220. The van der Waals surface area contributed by atoms with E-state index in [2.05, 4.69) is 59.2 Å². The van der Waals surface area contributed by atoms with E-state index in [1.165, 1.54) is 11.1 Å². The molecule has 0 bridgehead atoms. The molecule has 0 radical (unpaired) electrons. The first-order valence-electron chi connectivity index (χ1n) is 8.69. The third kappa shape index (κ3) is 5.70. The number of hydrogen-bond acceptors (Lipinski definition) is 1. The Kier molecular flexibility index (Phi) is 7.11. The SMILES string of the molecule is S=C(NCc1ccc(Cl)c(Cl)c1)NCC(c1ccccc1)c1ccccc1. The van der Waals surface area contributed by atoms with Crippen molar-refractivity contribution < 1.29 is 0 Å². The summed E-state index contributed by atoms with van der Waals surface area (Å²) >= 11 is 17.5. The van der Waals surface area contributed by atoms with Crippen molar-refractivity contribution >= 4 is 40.5 Å². The summed E-state index contributed by atoms with van der Waals surface area (Å²) < 4.78 is 0. The van der Waals surface area contributed by atoms with Crippen molar-refractivity contribution in [3.63, 3.8) is 0 Å². The lowest BCUT2D eigenvalue weighted by molar-refractivity contribution is 0.739. The molecule has 0 aliphatic carbocycles. The van der Waals surface area contributed by atoms with Crippen LogP contribution in [0.4, 0.5) is 0 Å². The molecule has 0 unspecified atom stereocenters. The Hall–Kier alpha value is -2.07. The molecule has 0 saturated heterocycles. The maximum atomic E-state index is 6.06. The molecule has 3 aromatic rings. The Morgan fingerprint density at radius 2 is 1.37 bits per heavy atom. The molecular formula is C22H20Cl2N2S. The van der Waals surface area contributed by atoms with Gasteiger partial charge in [0.2, 0.25) is 0 Å². The van der Waals surface area contributed by atoms with Gasteiger partial charge in [0.15, 0.2) is 5.11 Å². The minimum Gasteiger partial charge on any atom is -0.362 e. The third-order valence-corrected chi connectivity index (χ3v) is 5.34. The molecule has 27 heavy (non-hydrogen) atoms. The predicted octanol–water partition coefficient (Wildman–Crippen LogP) is 5.79. The zero-order valence-electron chi connectivity index (χ0n) is 14.7. The van der Waals surface area contributed by atoms with E-state index in [0.717, 1.165) is 5.56 Å². The Labute approximate surface area is 175 Å². The topological polar surface area (TPSA) is 24.1 Å². The van der Waals surface area contributed by atoms with Crippen LogP contribution in [0.1, 0.15) is 22.6 Å². The van der Waals surface area contributed by atoms with Crippen molar-refractivity contribution in [3.8, 4) is 0 Å². The highest BCUT2D eigenvalue weighted by molar-refractivity contribution is 7.80. The van der Waals surface area contributed by atoms with Crippen molar-refractivity contribution in [1.29, 1.82) is 0 Å². The maximum Gasteiger partial charge on any atom is 0.166 e. The first kappa shape index (κ1) is 19.7. The molecule has 0 saturated carbocycles. The molecule has 5 heteroatoms. The standard InChI is InChI=1S/C22H20Cl2N2S/c23-20-12-11-16(13-21(20)24)14-25-22(27)26-15-19(17-7-3-1-4-8-17)18-9-5-2-6-10-18/h1-13,19H,14-15H2,(H2,25,26,27). The molecule has 3 aromatic carbocycles. The number of thiocarbonyl (C=S) groups is 1. The van der Waals surface area contributed by atoms with Crippen molar-refractivity contribution in [2.24, 2.45) is 0 Å². The van der Waals surface area contributed by atoms with E-state index < -0.39 is 0 Å². The number of halogens is 2. The van der Waals surface area contributed by atoms with Crippen LogP contribution in [-0.4, -0.2) is 11.7 Å². The first-order valence-corrected chi connectivity index (χ1v) is 9.85. The number of rotatable bonds is 6. The van der Waals surface area contributed by atoms with Gasteiger partial charge < -0.3 is 10.6 Å². The maximum absolute atomic E-state index is 6.06. The second-order valence-corrected chi connectivity index (χ2v) is 7.41. The highest BCUT2D eigenvalue weighted by Crippen LogP contribution is 2.24. The van der Waals surface area contributed by atoms with Gasteiger partial charge in [0.25, 0.3) is 0 Å². The molecule has 0 spiro atoms. The molecule has 0 fully saturated rings. The van der Waals surface area contributed by atoms with Crippen molar-refractivity contribution in [2.45, 2.75) is 12.5 Å². The fourth-order valence-electron chi connectivity index (χ4n) is 2.89. The summed E-state index contributed by atoms with van der Waals surface area (Å²) in [6.45, 7) is 1.30. The molecule has 0 aromatic heterocycles.